The summed E-state index contributed by atoms with van der Waals surface area (Å²) in [6.45, 7) is 0. The molecule has 6 nitrogen and oxygen atoms in total. The van der Waals surface area contributed by atoms with Crippen LogP contribution in [0, 0.1) is 0 Å². The maximum absolute atomic E-state index is 5.84. The van der Waals surface area contributed by atoms with Crippen molar-refractivity contribution >= 4 is 18.0 Å². The van der Waals surface area contributed by atoms with E-state index >= 15 is 0 Å². The number of fused-ring (bicyclic) bond motifs is 1. The van der Waals surface area contributed by atoms with Crippen molar-refractivity contribution in [2.45, 2.75) is 24.7 Å². The van der Waals surface area contributed by atoms with Crippen molar-refractivity contribution in [1.82, 2.24) is 9.97 Å². The highest BCUT2D eigenvalue weighted by atomic mass is 16.5. The number of nitrogens with two attached hydrogens (primary N) is 1. The van der Waals surface area contributed by atoms with E-state index in [2.05, 4.69) is 21.4 Å². The summed E-state index contributed by atoms with van der Waals surface area (Å²) in [6, 6.07) is 0.0880. The van der Waals surface area contributed by atoms with Gasteiger partial charge in [0.15, 0.2) is 0 Å². The third kappa shape index (κ3) is 2.94. The van der Waals surface area contributed by atoms with E-state index in [0.29, 0.717) is 0 Å². The predicted molar refractivity (Wildman–Crippen MR) is 85.2 cm³/mol. The molecule has 3 unspecified atom stereocenters. The van der Waals surface area contributed by atoms with E-state index in [-0.39, 0.29) is 18.2 Å². The minimum Gasteiger partial charge on any atom is -0.374 e. The van der Waals surface area contributed by atoms with Gasteiger partial charge in [0.25, 0.3) is 0 Å². The molecule has 2 aliphatic carbocycles. The Bertz CT molecular complexity index is 726. The molecule has 0 spiro atoms. The van der Waals surface area contributed by atoms with E-state index in [0.717, 1.165) is 28.5 Å². The number of allylic oxidation sites excluding steroid dienone is 1. The topological polar surface area (TPSA) is 82.3 Å². The van der Waals surface area contributed by atoms with Gasteiger partial charge in [0, 0.05) is 31.2 Å². The predicted octanol–water partition coefficient (Wildman–Crippen LogP) is -0.336. The molecule has 0 fully saturated rings. The zero-order chi connectivity index (χ0) is 15.5. The van der Waals surface area contributed by atoms with Gasteiger partial charge in [0.05, 0.1) is 5.35 Å². The van der Waals surface area contributed by atoms with Crippen LogP contribution in [0.25, 0.3) is 12.2 Å². The quantitative estimate of drug-likeness (QED) is 0.792. The fourth-order valence-electron chi connectivity index (χ4n) is 2.59. The van der Waals surface area contributed by atoms with Gasteiger partial charge in [0.1, 0.15) is 24.4 Å². The number of nitrogens with zero attached hydrogens (tertiary/aromatic N) is 2. The summed E-state index contributed by atoms with van der Waals surface area (Å²) in [6.07, 6.45) is 12.0. The first-order valence-electron chi connectivity index (χ1n) is 7.22. The second-order valence-electron chi connectivity index (χ2n) is 5.30. The Balaban J connectivity index is 1.97. The molecular weight excluding hydrogens is 280 g/mol. The van der Waals surface area contributed by atoms with Gasteiger partial charge in [-0.25, -0.2) is 9.97 Å². The smallest absolute Gasteiger partial charge is 0.141 e. The van der Waals surface area contributed by atoms with Gasteiger partial charge in [-0.2, -0.15) is 0 Å². The van der Waals surface area contributed by atoms with Crippen molar-refractivity contribution in [3.05, 3.63) is 40.8 Å². The standard InChI is InChI=1S/C16H20N4O2/c1-21-14-7-12-13(8-15(14)22-2)18-9-19-16(12)20-11-5-3-10(17)4-6-11/h3,5-10,14-15H,4,17H2,1-2H3,(H,18,19,20). The molecule has 0 radical (unpaired) electrons. The summed E-state index contributed by atoms with van der Waals surface area (Å²) in [7, 11) is 3.32. The van der Waals surface area contributed by atoms with Crippen LogP contribution < -0.4 is 21.6 Å². The van der Waals surface area contributed by atoms with Crippen LogP contribution in [0.15, 0.2) is 30.3 Å². The van der Waals surface area contributed by atoms with E-state index in [4.69, 9.17) is 15.2 Å². The molecule has 6 heteroatoms. The third-order valence-electron chi connectivity index (χ3n) is 3.83. The molecule has 1 aromatic rings. The Morgan fingerprint density at radius 2 is 1.95 bits per heavy atom. The Kier molecular flexibility index (Phi) is 4.33. The molecule has 22 heavy (non-hydrogen) atoms. The van der Waals surface area contributed by atoms with Crippen LogP contribution in [0.1, 0.15) is 6.42 Å². The van der Waals surface area contributed by atoms with Gasteiger partial charge in [-0.05, 0) is 24.6 Å². The zero-order valence-electron chi connectivity index (χ0n) is 12.7. The van der Waals surface area contributed by atoms with Crippen LogP contribution in [0.3, 0.4) is 0 Å². The summed E-state index contributed by atoms with van der Waals surface area (Å²) in [5, 5.41) is 5.09. The van der Waals surface area contributed by atoms with Crippen LogP contribution in [0.5, 0.6) is 0 Å². The summed E-state index contributed by atoms with van der Waals surface area (Å²) < 4.78 is 10.9. The molecular formula is C16H20N4O2. The van der Waals surface area contributed by atoms with Crippen LogP contribution in [-0.2, 0) is 9.47 Å². The average Bonchev–Trinajstić information content (AvgIpc) is 2.56. The normalized spacial score (nSPS) is 26.5. The second-order valence-corrected chi connectivity index (χ2v) is 5.30. The molecule has 0 saturated heterocycles. The van der Waals surface area contributed by atoms with Gasteiger partial charge < -0.3 is 20.5 Å². The van der Waals surface area contributed by atoms with E-state index in [1.54, 1.807) is 20.5 Å². The summed E-state index contributed by atoms with van der Waals surface area (Å²) in [5.74, 6) is 0.754. The first-order chi connectivity index (χ1) is 10.7. The van der Waals surface area contributed by atoms with E-state index in [1.807, 2.05) is 24.3 Å². The average molecular weight is 300 g/mol. The van der Waals surface area contributed by atoms with Gasteiger partial charge in [-0.1, -0.05) is 12.2 Å². The van der Waals surface area contributed by atoms with Gasteiger partial charge in [-0.3, -0.25) is 0 Å². The van der Waals surface area contributed by atoms with Crippen LogP contribution in [0.4, 0.5) is 5.82 Å². The largest absolute Gasteiger partial charge is 0.374 e. The molecule has 0 aromatic carbocycles. The van der Waals surface area contributed by atoms with Gasteiger partial charge >= 0.3 is 0 Å². The highest BCUT2D eigenvalue weighted by Crippen LogP contribution is 2.12. The van der Waals surface area contributed by atoms with Gasteiger partial charge in [0.2, 0.25) is 0 Å². The number of anilines is 1. The molecule has 1 aromatic heterocycles. The third-order valence-corrected chi connectivity index (χ3v) is 3.83. The molecule has 0 amide bonds. The molecule has 2 aliphatic rings. The minimum absolute atomic E-state index is 0.0880. The summed E-state index contributed by atoms with van der Waals surface area (Å²) in [5.41, 5.74) is 6.83. The van der Waals surface area contributed by atoms with Crippen molar-refractivity contribution in [3.63, 3.8) is 0 Å². The van der Waals surface area contributed by atoms with Crippen molar-refractivity contribution in [1.29, 1.82) is 0 Å². The van der Waals surface area contributed by atoms with E-state index in [1.165, 1.54) is 0 Å². The molecule has 116 valence electrons. The van der Waals surface area contributed by atoms with Crippen LogP contribution >= 0.6 is 0 Å². The van der Waals surface area contributed by atoms with Gasteiger partial charge in [-0.15, -0.1) is 0 Å². The lowest BCUT2D eigenvalue weighted by atomic mass is 10.1. The first-order valence-corrected chi connectivity index (χ1v) is 7.22. The number of hydrogen-bond donors (Lipinski definition) is 2. The Morgan fingerprint density at radius 1 is 1.18 bits per heavy atom. The number of hydrogen-bond acceptors (Lipinski definition) is 6. The highest BCUT2D eigenvalue weighted by molar-refractivity contribution is 5.55. The second kappa shape index (κ2) is 6.39. The monoisotopic (exact) mass is 300 g/mol. The maximum atomic E-state index is 5.84. The number of ether oxygens (including phenoxy) is 2. The highest BCUT2D eigenvalue weighted by Gasteiger charge is 2.21. The molecule has 3 atom stereocenters. The van der Waals surface area contributed by atoms with E-state index in [9.17, 15) is 0 Å². The minimum atomic E-state index is -0.159. The Morgan fingerprint density at radius 3 is 2.64 bits per heavy atom. The first kappa shape index (κ1) is 14.9. The Labute approximate surface area is 129 Å². The van der Waals surface area contributed by atoms with Crippen molar-refractivity contribution in [2.75, 3.05) is 19.5 Å². The molecule has 3 N–H and O–H groups in total. The molecule has 0 aliphatic heterocycles. The zero-order valence-corrected chi connectivity index (χ0v) is 12.7. The lowest BCUT2D eigenvalue weighted by molar-refractivity contribution is 0.0303. The Hall–Kier alpha value is -2.02. The fourth-order valence-corrected chi connectivity index (χ4v) is 2.59. The summed E-state index contributed by atoms with van der Waals surface area (Å²) >= 11 is 0. The molecule has 1 heterocycles. The van der Waals surface area contributed by atoms with Crippen molar-refractivity contribution < 1.29 is 9.47 Å². The molecule has 0 bridgehead atoms. The fraction of sp³-hybridized carbons (Fsp3) is 0.375. The lowest BCUT2D eigenvalue weighted by Crippen LogP contribution is -2.43. The van der Waals surface area contributed by atoms with Crippen molar-refractivity contribution in [2.24, 2.45) is 5.73 Å². The van der Waals surface area contributed by atoms with E-state index < -0.39 is 0 Å². The number of nitrogens with one attached hydrogen (secondary N) is 1. The van der Waals surface area contributed by atoms with Crippen molar-refractivity contribution in [3.8, 4) is 0 Å². The summed E-state index contributed by atoms with van der Waals surface area (Å²) in [4.78, 5) is 8.67. The number of rotatable bonds is 4. The lowest BCUT2D eigenvalue weighted by Gasteiger charge is -2.22. The van der Waals surface area contributed by atoms with Crippen LogP contribution in [0.2, 0.25) is 0 Å². The SMILES string of the molecule is COC1C=c2ncnc(NC3=CCC(N)C=C3)c2=CC1OC. The van der Waals surface area contributed by atoms with Crippen LogP contribution in [-0.4, -0.2) is 42.4 Å². The number of methoxy groups -OCH3 is 2. The number of aromatic nitrogens is 2. The maximum Gasteiger partial charge on any atom is 0.141 e. The molecule has 3 rings (SSSR count). The molecule has 0 saturated carbocycles.